The van der Waals surface area contributed by atoms with Crippen LogP contribution in [0.5, 0.6) is 0 Å². The zero-order chi connectivity index (χ0) is 15.6. The number of carbonyl (C=O) groups excluding carboxylic acids is 1. The number of hydrogen-bond acceptors (Lipinski definition) is 4. The maximum Gasteiger partial charge on any atom is 0.253 e. The smallest absolute Gasteiger partial charge is 0.253 e. The first kappa shape index (κ1) is 16.1. The van der Waals surface area contributed by atoms with Crippen molar-refractivity contribution in [3.63, 3.8) is 0 Å². The van der Waals surface area contributed by atoms with Crippen LogP contribution in [0, 0.1) is 0 Å². The van der Waals surface area contributed by atoms with Crippen molar-refractivity contribution < 1.29 is 13.2 Å². The van der Waals surface area contributed by atoms with Crippen molar-refractivity contribution in [1.29, 1.82) is 0 Å². The molecule has 1 aromatic rings. The summed E-state index contributed by atoms with van der Waals surface area (Å²) in [6, 6.07) is 4.68. The predicted molar refractivity (Wildman–Crippen MR) is 82.8 cm³/mol. The van der Waals surface area contributed by atoms with Crippen LogP contribution in [0.3, 0.4) is 0 Å². The summed E-state index contributed by atoms with van der Waals surface area (Å²) >= 11 is 6.00. The van der Waals surface area contributed by atoms with Gasteiger partial charge in [-0.15, -0.1) is 0 Å². The molecular weight excluding hydrogens is 314 g/mol. The predicted octanol–water partition coefficient (Wildman–Crippen LogP) is 1.08. The molecule has 1 aliphatic heterocycles. The maximum absolute atomic E-state index is 12.2. The molecule has 0 bridgehead atoms. The van der Waals surface area contributed by atoms with E-state index in [0.29, 0.717) is 42.2 Å². The lowest BCUT2D eigenvalue weighted by molar-refractivity contribution is 0.0924. The highest BCUT2D eigenvalue weighted by Crippen LogP contribution is 2.20. The Bertz CT molecular complexity index is 640. The minimum absolute atomic E-state index is 0.0517. The fourth-order valence-electron chi connectivity index (χ4n) is 2.31. The zero-order valence-corrected chi connectivity index (χ0v) is 13.2. The molecule has 0 saturated carbocycles. The van der Waals surface area contributed by atoms with E-state index in [0.717, 1.165) is 0 Å². The molecule has 1 heterocycles. The molecule has 0 radical (unpaired) electrons. The summed E-state index contributed by atoms with van der Waals surface area (Å²) in [6.07, 6.45) is 2.37. The second-order valence-corrected chi connectivity index (χ2v) is 7.54. The van der Waals surface area contributed by atoms with E-state index < -0.39 is 10.0 Å². The minimum Gasteiger partial charge on any atom is -0.399 e. The third kappa shape index (κ3) is 4.09. The van der Waals surface area contributed by atoms with Gasteiger partial charge in [0, 0.05) is 24.8 Å². The van der Waals surface area contributed by atoms with Crippen LogP contribution in [-0.2, 0) is 10.0 Å². The molecule has 0 aliphatic carbocycles. The van der Waals surface area contributed by atoms with E-state index in [1.807, 2.05) is 0 Å². The average Bonchev–Trinajstić information content (AvgIpc) is 2.38. The summed E-state index contributed by atoms with van der Waals surface area (Å²) in [6.45, 7) is 0.832. The van der Waals surface area contributed by atoms with Crippen LogP contribution in [0.1, 0.15) is 23.2 Å². The first-order valence-corrected chi connectivity index (χ1v) is 8.81. The van der Waals surface area contributed by atoms with Crippen molar-refractivity contribution in [1.82, 2.24) is 9.62 Å². The standard InChI is InChI=1S/C13H18ClN3O3S/c1-21(19,20)17-6-4-10(5-7-17)16-13(18)11-3-2-9(15)8-12(11)14/h2-3,8,10H,4-7,15H2,1H3,(H,16,18). The normalized spacial score (nSPS) is 17.6. The molecule has 0 unspecified atom stereocenters. The minimum atomic E-state index is -3.16. The topological polar surface area (TPSA) is 92.5 Å². The molecule has 1 amide bonds. The van der Waals surface area contributed by atoms with E-state index in [1.165, 1.54) is 16.6 Å². The van der Waals surface area contributed by atoms with Gasteiger partial charge in [-0.3, -0.25) is 4.79 Å². The van der Waals surface area contributed by atoms with Crippen LogP contribution in [0.4, 0.5) is 5.69 Å². The number of nitrogen functional groups attached to an aromatic ring is 1. The van der Waals surface area contributed by atoms with Gasteiger partial charge in [-0.2, -0.15) is 0 Å². The fourth-order valence-corrected chi connectivity index (χ4v) is 3.46. The van der Waals surface area contributed by atoms with Gasteiger partial charge in [0.25, 0.3) is 5.91 Å². The third-order valence-corrected chi connectivity index (χ3v) is 5.11. The molecule has 1 fully saturated rings. The van der Waals surface area contributed by atoms with Gasteiger partial charge < -0.3 is 11.1 Å². The first-order valence-electron chi connectivity index (χ1n) is 6.58. The third-order valence-electron chi connectivity index (χ3n) is 3.50. The number of nitrogens with zero attached hydrogens (tertiary/aromatic N) is 1. The molecule has 1 saturated heterocycles. The van der Waals surface area contributed by atoms with Gasteiger partial charge in [-0.25, -0.2) is 12.7 Å². The van der Waals surface area contributed by atoms with Crippen molar-refractivity contribution >= 4 is 33.2 Å². The van der Waals surface area contributed by atoms with E-state index in [2.05, 4.69) is 5.32 Å². The molecule has 0 aromatic heterocycles. The van der Waals surface area contributed by atoms with Gasteiger partial charge in [0.15, 0.2) is 0 Å². The number of carbonyl (C=O) groups is 1. The van der Waals surface area contributed by atoms with Crippen LogP contribution in [0.2, 0.25) is 5.02 Å². The monoisotopic (exact) mass is 331 g/mol. The zero-order valence-electron chi connectivity index (χ0n) is 11.7. The van der Waals surface area contributed by atoms with Crippen molar-refractivity contribution in [2.75, 3.05) is 25.1 Å². The molecule has 1 aliphatic rings. The van der Waals surface area contributed by atoms with E-state index in [9.17, 15) is 13.2 Å². The second kappa shape index (κ2) is 6.21. The first-order chi connectivity index (χ1) is 9.77. The lowest BCUT2D eigenvalue weighted by Gasteiger charge is -2.30. The summed E-state index contributed by atoms with van der Waals surface area (Å²) < 4.78 is 24.3. The van der Waals surface area contributed by atoms with E-state index in [-0.39, 0.29) is 11.9 Å². The van der Waals surface area contributed by atoms with Crippen LogP contribution in [-0.4, -0.2) is 44.0 Å². The molecule has 3 N–H and O–H groups in total. The van der Waals surface area contributed by atoms with Gasteiger partial charge in [-0.1, -0.05) is 11.6 Å². The Hall–Kier alpha value is -1.31. The van der Waals surface area contributed by atoms with Crippen molar-refractivity contribution in [3.05, 3.63) is 28.8 Å². The van der Waals surface area contributed by atoms with Crippen molar-refractivity contribution in [3.8, 4) is 0 Å². The number of anilines is 1. The number of hydrogen-bond donors (Lipinski definition) is 2. The fraction of sp³-hybridized carbons (Fsp3) is 0.462. The number of nitrogens with two attached hydrogens (primary N) is 1. The largest absolute Gasteiger partial charge is 0.399 e. The lowest BCUT2D eigenvalue weighted by Crippen LogP contribution is -2.46. The van der Waals surface area contributed by atoms with Gasteiger partial charge in [-0.05, 0) is 31.0 Å². The maximum atomic E-state index is 12.2. The highest BCUT2D eigenvalue weighted by Gasteiger charge is 2.26. The number of piperidine rings is 1. The van der Waals surface area contributed by atoms with Gasteiger partial charge in [0.05, 0.1) is 16.8 Å². The molecule has 0 atom stereocenters. The summed E-state index contributed by atoms with van der Waals surface area (Å²) in [5.74, 6) is -0.266. The summed E-state index contributed by atoms with van der Waals surface area (Å²) in [5.41, 5.74) is 6.46. The average molecular weight is 332 g/mol. The highest BCUT2D eigenvalue weighted by atomic mass is 35.5. The Labute approximate surface area is 129 Å². The van der Waals surface area contributed by atoms with Gasteiger partial charge in [0.1, 0.15) is 0 Å². The quantitative estimate of drug-likeness (QED) is 0.810. The second-order valence-electron chi connectivity index (χ2n) is 5.15. The van der Waals surface area contributed by atoms with Crippen LogP contribution >= 0.6 is 11.6 Å². The Balaban J connectivity index is 1.96. The number of nitrogens with one attached hydrogen (secondary N) is 1. The summed E-state index contributed by atoms with van der Waals surface area (Å²) in [4.78, 5) is 12.2. The van der Waals surface area contributed by atoms with E-state index in [1.54, 1.807) is 12.1 Å². The molecule has 8 heteroatoms. The van der Waals surface area contributed by atoms with Crippen molar-refractivity contribution in [2.45, 2.75) is 18.9 Å². The van der Waals surface area contributed by atoms with E-state index >= 15 is 0 Å². The Morgan fingerprint density at radius 2 is 2.00 bits per heavy atom. The Morgan fingerprint density at radius 1 is 1.38 bits per heavy atom. The van der Waals surface area contributed by atoms with Crippen LogP contribution < -0.4 is 11.1 Å². The van der Waals surface area contributed by atoms with Gasteiger partial charge >= 0.3 is 0 Å². The Kier molecular flexibility index (Phi) is 4.75. The number of sulfonamides is 1. The number of amides is 1. The molecule has 0 spiro atoms. The summed E-state index contributed by atoms with van der Waals surface area (Å²) in [5, 5.41) is 3.19. The van der Waals surface area contributed by atoms with E-state index in [4.69, 9.17) is 17.3 Å². The van der Waals surface area contributed by atoms with Crippen molar-refractivity contribution in [2.24, 2.45) is 0 Å². The molecule has 116 valence electrons. The number of benzene rings is 1. The molecular formula is C13H18ClN3O3S. The number of halogens is 1. The van der Waals surface area contributed by atoms with Crippen LogP contribution in [0.25, 0.3) is 0 Å². The molecule has 2 rings (SSSR count). The number of rotatable bonds is 3. The van der Waals surface area contributed by atoms with Crippen LogP contribution in [0.15, 0.2) is 18.2 Å². The Morgan fingerprint density at radius 3 is 2.52 bits per heavy atom. The molecule has 21 heavy (non-hydrogen) atoms. The SMILES string of the molecule is CS(=O)(=O)N1CCC(NC(=O)c2ccc(N)cc2Cl)CC1. The summed E-state index contributed by atoms with van der Waals surface area (Å²) in [7, 11) is -3.16. The lowest BCUT2D eigenvalue weighted by atomic mass is 10.1. The van der Waals surface area contributed by atoms with Gasteiger partial charge in [0.2, 0.25) is 10.0 Å². The molecule has 1 aromatic carbocycles. The molecule has 6 nitrogen and oxygen atoms in total. The highest BCUT2D eigenvalue weighted by molar-refractivity contribution is 7.88.